The fourth-order valence-corrected chi connectivity index (χ4v) is 2.76. The molecule has 92 valence electrons. The van der Waals surface area contributed by atoms with Crippen LogP contribution in [0.1, 0.15) is 10.4 Å². The van der Waals surface area contributed by atoms with Gasteiger partial charge in [-0.05, 0) is 18.2 Å². The van der Waals surface area contributed by atoms with Crippen LogP contribution in [0.3, 0.4) is 0 Å². The van der Waals surface area contributed by atoms with E-state index >= 15 is 0 Å². The molecular formula is C10H8Cl2O4S. The van der Waals surface area contributed by atoms with Gasteiger partial charge in [0.15, 0.2) is 9.84 Å². The molecule has 1 aromatic rings. The summed E-state index contributed by atoms with van der Waals surface area (Å²) in [4.78, 5) is 10.7. The molecular weight excluding hydrogens is 287 g/mol. The van der Waals surface area contributed by atoms with E-state index in [4.69, 9.17) is 28.3 Å². The lowest BCUT2D eigenvalue weighted by Crippen LogP contribution is -2.06. The summed E-state index contributed by atoms with van der Waals surface area (Å²) in [6.07, 6.45) is 1.27. The minimum absolute atomic E-state index is 0.0396. The molecule has 0 aliphatic rings. The van der Waals surface area contributed by atoms with Gasteiger partial charge in [0.1, 0.15) is 0 Å². The first-order valence-electron chi connectivity index (χ1n) is 4.39. The molecule has 17 heavy (non-hydrogen) atoms. The summed E-state index contributed by atoms with van der Waals surface area (Å²) in [5, 5.41) is 8.62. The highest BCUT2D eigenvalue weighted by molar-refractivity contribution is 7.91. The van der Waals surface area contributed by atoms with E-state index in [0.29, 0.717) is 0 Å². The average molecular weight is 295 g/mol. The van der Waals surface area contributed by atoms with Gasteiger partial charge in [0.2, 0.25) is 0 Å². The highest BCUT2D eigenvalue weighted by Crippen LogP contribution is 2.21. The first-order valence-corrected chi connectivity index (χ1v) is 6.86. The zero-order chi connectivity index (χ0) is 13.1. The number of benzene rings is 1. The van der Waals surface area contributed by atoms with Crippen LogP contribution in [-0.4, -0.2) is 25.2 Å². The Morgan fingerprint density at radius 1 is 1.41 bits per heavy atom. The second-order valence-electron chi connectivity index (χ2n) is 3.09. The van der Waals surface area contributed by atoms with Gasteiger partial charge in [0.25, 0.3) is 0 Å². The van der Waals surface area contributed by atoms with Crippen molar-refractivity contribution in [3.8, 4) is 0 Å². The third-order valence-corrected chi connectivity index (χ3v) is 4.03. The highest BCUT2D eigenvalue weighted by Gasteiger charge is 2.16. The Balaban J connectivity index is 3.18. The number of carboxylic acid groups (broad SMARTS) is 1. The number of carbonyl (C=O) groups is 1. The van der Waals surface area contributed by atoms with Gasteiger partial charge in [-0.3, -0.25) is 0 Å². The van der Waals surface area contributed by atoms with Crippen LogP contribution in [0.25, 0.3) is 0 Å². The number of hydrogen-bond acceptors (Lipinski definition) is 3. The van der Waals surface area contributed by atoms with Crippen molar-refractivity contribution in [3.05, 3.63) is 40.4 Å². The molecule has 0 aromatic heterocycles. The predicted octanol–water partition coefficient (Wildman–Crippen LogP) is 2.56. The fourth-order valence-electron chi connectivity index (χ4n) is 1.12. The van der Waals surface area contributed by atoms with Crippen LogP contribution in [0.5, 0.6) is 0 Å². The van der Waals surface area contributed by atoms with E-state index in [1.807, 2.05) is 0 Å². The zero-order valence-corrected chi connectivity index (χ0v) is 10.8. The molecule has 0 amide bonds. The van der Waals surface area contributed by atoms with Crippen LogP contribution in [0, 0.1) is 0 Å². The first kappa shape index (κ1) is 14.0. The van der Waals surface area contributed by atoms with Gasteiger partial charge in [-0.1, -0.05) is 29.3 Å². The van der Waals surface area contributed by atoms with E-state index in [2.05, 4.69) is 0 Å². The highest BCUT2D eigenvalue weighted by atomic mass is 35.5. The largest absolute Gasteiger partial charge is 0.478 e. The second kappa shape index (κ2) is 5.53. The van der Waals surface area contributed by atoms with Crippen molar-refractivity contribution >= 4 is 39.0 Å². The summed E-state index contributed by atoms with van der Waals surface area (Å²) in [5.41, 5.74) is 0.962. The lowest BCUT2D eigenvalue weighted by molar-refractivity contribution is 0.0697. The molecule has 4 nitrogen and oxygen atoms in total. The Hall–Kier alpha value is -1.04. The third-order valence-electron chi connectivity index (χ3n) is 1.93. The average Bonchev–Trinajstić information content (AvgIpc) is 2.25. The maximum absolute atomic E-state index is 11.7. The summed E-state index contributed by atoms with van der Waals surface area (Å²) < 4.78 is 23.4. The molecule has 0 saturated carbocycles. The Morgan fingerprint density at radius 2 is 2.06 bits per heavy atom. The molecule has 0 saturated heterocycles. The van der Waals surface area contributed by atoms with Crippen LogP contribution in [0.15, 0.2) is 34.7 Å². The van der Waals surface area contributed by atoms with Crippen molar-refractivity contribution in [2.45, 2.75) is 4.90 Å². The molecule has 0 aliphatic carbocycles. The van der Waals surface area contributed by atoms with E-state index in [1.54, 1.807) is 0 Å². The van der Waals surface area contributed by atoms with Gasteiger partial charge < -0.3 is 5.11 Å². The molecule has 1 N–H and O–H groups in total. The van der Waals surface area contributed by atoms with Crippen LogP contribution >= 0.6 is 23.2 Å². The van der Waals surface area contributed by atoms with Crippen LogP contribution in [0.4, 0.5) is 0 Å². The van der Waals surface area contributed by atoms with Crippen molar-refractivity contribution in [1.82, 2.24) is 0 Å². The number of aromatic carboxylic acids is 1. The molecule has 0 bridgehead atoms. The molecule has 0 unspecified atom stereocenters. The Kier molecular flexibility index (Phi) is 4.56. The first-order chi connectivity index (χ1) is 7.88. The summed E-state index contributed by atoms with van der Waals surface area (Å²) in [6.45, 7) is 0. The smallest absolute Gasteiger partial charge is 0.337 e. The number of carboxylic acids is 1. The molecule has 1 aromatic carbocycles. The Morgan fingerprint density at radius 3 is 2.53 bits per heavy atom. The van der Waals surface area contributed by atoms with Gasteiger partial charge in [-0.15, -0.1) is 0 Å². The van der Waals surface area contributed by atoms with E-state index in [1.165, 1.54) is 12.1 Å². The van der Waals surface area contributed by atoms with E-state index in [-0.39, 0.29) is 21.2 Å². The predicted molar refractivity (Wildman–Crippen MR) is 65.5 cm³/mol. The van der Waals surface area contributed by atoms with E-state index < -0.39 is 15.8 Å². The molecule has 0 fully saturated rings. The molecule has 0 spiro atoms. The number of rotatable bonds is 4. The van der Waals surface area contributed by atoms with Crippen molar-refractivity contribution in [1.29, 1.82) is 0 Å². The minimum atomic E-state index is -3.54. The summed E-state index contributed by atoms with van der Waals surface area (Å²) in [5.74, 6) is -1.47. The number of halogens is 2. The lowest BCUT2D eigenvalue weighted by atomic mass is 10.2. The van der Waals surface area contributed by atoms with E-state index in [9.17, 15) is 13.2 Å². The van der Waals surface area contributed by atoms with Crippen LogP contribution in [0.2, 0.25) is 5.02 Å². The molecule has 0 radical (unpaired) electrons. The van der Waals surface area contributed by atoms with Gasteiger partial charge in [-0.2, -0.15) is 0 Å². The van der Waals surface area contributed by atoms with Gasteiger partial charge in [0, 0.05) is 5.54 Å². The van der Waals surface area contributed by atoms with Crippen LogP contribution in [-0.2, 0) is 9.84 Å². The minimum Gasteiger partial charge on any atom is -0.478 e. The summed E-state index contributed by atoms with van der Waals surface area (Å²) >= 11 is 10.9. The van der Waals surface area contributed by atoms with Crippen molar-refractivity contribution in [2.24, 2.45) is 0 Å². The zero-order valence-electron chi connectivity index (χ0n) is 8.43. The maximum Gasteiger partial charge on any atom is 0.337 e. The number of sulfone groups is 1. The van der Waals surface area contributed by atoms with Crippen LogP contribution < -0.4 is 0 Å². The molecule has 0 aliphatic heterocycles. The SMILES string of the molecule is O=C(O)c1ccc(S(=O)(=O)C/C=C/Cl)cc1Cl. The maximum atomic E-state index is 11.7. The summed E-state index contributed by atoms with van der Waals surface area (Å²) in [7, 11) is -3.54. The molecule has 1 rings (SSSR count). The van der Waals surface area contributed by atoms with Crippen molar-refractivity contribution < 1.29 is 18.3 Å². The van der Waals surface area contributed by atoms with Crippen molar-refractivity contribution in [3.63, 3.8) is 0 Å². The van der Waals surface area contributed by atoms with Gasteiger partial charge >= 0.3 is 5.97 Å². The van der Waals surface area contributed by atoms with Gasteiger partial charge in [0.05, 0.1) is 21.2 Å². The molecule has 7 heteroatoms. The quantitative estimate of drug-likeness (QED) is 0.926. The fraction of sp³-hybridized carbons (Fsp3) is 0.100. The molecule has 0 heterocycles. The monoisotopic (exact) mass is 294 g/mol. The van der Waals surface area contributed by atoms with Gasteiger partial charge in [-0.25, -0.2) is 13.2 Å². The standard InChI is InChI=1S/C10H8Cl2O4S/c11-4-1-5-17(15,16)7-2-3-8(10(13)14)9(12)6-7/h1-4,6H,5H2,(H,13,14)/b4-1+. The normalized spacial score (nSPS) is 11.9. The Labute approximate surface area is 108 Å². The Bertz CT molecular complexity index is 564. The summed E-state index contributed by atoms with van der Waals surface area (Å²) in [6, 6.07) is 3.47. The van der Waals surface area contributed by atoms with Crippen molar-refractivity contribution in [2.75, 3.05) is 5.75 Å². The third kappa shape index (κ3) is 3.46. The lowest BCUT2D eigenvalue weighted by Gasteiger charge is -2.04. The second-order valence-corrected chi connectivity index (χ2v) is 5.78. The molecule has 0 atom stereocenters. The topological polar surface area (TPSA) is 71.4 Å². The van der Waals surface area contributed by atoms with E-state index in [0.717, 1.165) is 17.7 Å². The number of hydrogen-bond donors (Lipinski definition) is 1.